The topological polar surface area (TPSA) is 32.3 Å². The van der Waals surface area contributed by atoms with Gasteiger partial charge in [0.15, 0.2) is 0 Å². The van der Waals surface area contributed by atoms with Crippen LogP contribution in [0.25, 0.3) is 0 Å². The average Bonchev–Trinajstić information content (AvgIpc) is 2.01. The van der Waals surface area contributed by atoms with Gasteiger partial charge in [0, 0.05) is 17.0 Å². The van der Waals surface area contributed by atoms with Gasteiger partial charge in [0.2, 0.25) is 0 Å². The van der Waals surface area contributed by atoms with E-state index in [1.165, 1.54) is 6.42 Å². The molecule has 0 bridgehead atoms. The maximum atomic E-state index is 8.62. The van der Waals surface area contributed by atoms with Crippen LogP contribution in [-0.2, 0) is 0 Å². The van der Waals surface area contributed by atoms with Crippen LogP contribution in [0.3, 0.4) is 0 Å². The molecule has 0 aromatic rings. The molecule has 0 rings (SSSR count). The summed E-state index contributed by atoms with van der Waals surface area (Å²) in [5, 5.41) is 12.6. The summed E-state index contributed by atoms with van der Waals surface area (Å²) < 4.78 is 0. The molecular formula is C9H21NOS. The molecule has 0 aliphatic carbocycles. The van der Waals surface area contributed by atoms with Crippen molar-refractivity contribution in [2.75, 3.05) is 18.9 Å². The average molecular weight is 191 g/mol. The van der Waals surface area contributed by atoms with Gasteiger partial charge in [-0.1, -0.05) is 13.8 Å². The van der Waals surface area contributed by atoms with Crippen LogP contribution in [0.5, 0.6) is 0 Å². The molecule has 0 amide bonds. The highest BCUT2D eigenvalue weighted by Gasteiger charge is 2.06. The lowest BCUT2D eigenvalue weighted by molar-refractivity contribution is 0.322. The van der Waals surface area contributed by atoms with Crippen LogP contribution in [0.15, 0.2) is 0 Å². The third-order valence-corrected chi connectivity index (χ3v) is 2.91. The second-order valence-electron chi connectivity index (χ2n) is 3.10. The van der Waals surface area contributed by atoms with E-state index in [9.17, 15) is 0 Å². The van der Waals surface area contributed by atoms with Crippen molar-refractivity contribution in [2.45, 2.75) is 38.5 Å². The van der Waals surface area contributed by atoms with Gasteiger partial charge in [-0.3, -0.25) is 0 Å². The second kappa shape index (κ2) is 7.90. The summed E-state index contributed by atoms with van der Waals surface area (Å²) in [5.74, 6) is 0.861. The Morgan fingerprint density at radius 1 is 1.42 bits per heavy atom. The highest BCUT2D eigenvalue weighted by Crippen LogP contribution is 2.14. The SMILES string of the molecule is CCNC(C)CC(C)SCCO. The molecule has 2 N–H and O–H groups in total. The van der Waals surface area contributed by atoms with Crippen molar-refractivity contribution < 1.29 is 5.11 Å². The minimum atomic E-state index is 0.296. The third-order valence-electron chi connectivity index (χ3n) is 1.73. The molecule has 74 valence electrons. The molecule has 12 heavy (non-hydrogen) atoms. The van der Waals surface area contributed by atoms with Crippen molar-refractivity contribution in [1.29, 1.82) is 0 Å². The Morgan fingerprint density at radius 3 is 2.58 bits per heavy atom. The number of hydrogen-bond donors (Lipinski definition) is 2. The van der Waals surface area contributed by atoms with Crippen molar-refractivity contribution in [3.63, 3.8) is 0 Å². The third kappa shape index (κ3) is 6.95. The molecular weight excluding hydrogens is 170 g/mol. The van der Waals surface area contributed by atoms with E-state index in [4.69, 9.17) is 5.11 Å². The molecule has 0 aromatic heterocycles. The maximum absolute atomic E-state index is 8.62. The number of rotatable bonds is 7. The Balaban J connectivity index is 3.33. The number of aliphatic hydroxyl groups is 1. The fraction of sp³-hybridized carbons (Fsp3) is 1.00. The van der Waals surface area contributed by atoms with Gasteiger partial charge in [0.25, 0.3) is 0 Å². The summed E-state index contributed by atoms with van der Waals surface area (Å²) in [5.41, 5.74) is 0. The molecule has 0 radical (unpaired) electrons. The van der Waals surface area contributed by atoms with Crippen molar-refractivity contribution in [3.8, 4) is 0 Å². The van der Waals surface area contributed by atoms with Crippen LogP contribution in [0, 0.1) is 0 Å². The molecule has 2 nitrogen and oxygen atoms in total. The van der Waals surface area contributed by atoms with E-state index in [2.05, 4.69) is 26.1 Å². The van der Waals surface area contributed by atoms with Gasteiger partial charge in [-0.2, -0.15) is 11.8 Å². The smallest absolute Gasteiger partial charge is 0.0521 e. The quantitative estimate of drug-likeness (QED) is 0.639. The Bertz CT molecular complexity index is 101. The fourth-order valence-corrected chi connectivity index (χ4v) is 2.18. The van der Waals surface area contributed by atoms with Crippen LogP contribution in [0.1, 0.15) is 27.2 Å². The van der Waals surface area contributed by atoms with Crippen molar-refractivity contribution >= 4 is 11.8 Å². The van der Waals surface area contributed by atoms with Gasteiger partial charge in [-0.05, 0) is 19.9 Å². The minimum absolute atomic E-state index is 0.296. The van der Waals surface area contributed by atoms with Crippen molar-refractivity contribution in [1.82, 2.24) is 5.32 Å². The summed E-state index contributed by atoms with van der Waals surface area (Å²) in [6, 6.07) is 0.594. The Labute approximate surface area is 80.1 Å². The molecule has 0 aliphatic heterocycles. The van der Waals surface area contributed by atoms with Crippen LogP contribution in [0.2, 0.25) is 0 Å². The van der Waals surface area contributed by atoms with E-state index in [-0.39, 0.29) is 0 Å². The molecule has 0 spiro atoms. The zero-order chi connectivity index (χ0) is 9.40. The van der Waals surface area contributed by atoms with E-state index < -0.39 is 0 Å². The molecule has 2 atom stereocenters. The first-order chi connectivity index (χ1) is 5.70. The van der Waals surface area contributed by atoms with Gasteiger partial charge in [0.1, 0.15) is 0 Å². The summed E-state index contributed by atoms with van der Waals surface area (Å²) in [6.45, 7) is 7.89. The first kappa shape index (κ1) is 12.3. The number of nitrogens with one attached hydrogen (secondary N) is 1. The van der Waals surface area contributed by atoms with E-state index in [0.29, 0.717) is 17.9 Å². The molecule has 0 saturated heterocycles. The van der Waals surface area contributed by atoms with Gasteiger partial charge < -0.3 is 10.4 Å². The van der Waals surface area contributed by atoms with Crippen LogP contribution < -0.4 is 5.32 Å². The molecule has 0 aromatic carbocycles. The summed E-state index contributed by atoms with van der Waals surface area (Å²) >= 11 is 1.84. The van der Waals surface area contributed by atoms with Crippen LogP contribution in [-0.4, -0.2) is 35.3 Å². The largest absolute Gasteiger partial charge is 0.396 e. The number of aliphatic hydroxyl groups excluding tert-OH is 1. The Morgan fingerprint density at radius 2 is 2.08 bits per heavy atom. The molecule has 0 heterocycles. The lowest BCUT2D eigenvalue weighted by atomic mass is 10.2. The molecule has 0 fully saturated rings. The van der Waals surface area contributed by atoms with Gasteiger partial charge in [-0.25, -0.2) is 0 Å². The second-order valence-corrected chi connectivity index (χ2v) is 4.65. The van der Waals surface area contributed by atoms with Crippen LogP contribution >= 0.6 is 11.8 Å². The summed E-state index contributed by atoms with van der Waals surface area (Å²) in [7, 11) is 0. The first-order valence-electron chi connectivity index (χ1n) is 4.66. The molecule has 3 heteroatoms. The lowest BCUT2D eigenvalue weighted by Gasteiger charge is -2.16. The van der Waals surface area contributed by atoms with E-state index >= 15 is 0 Å². The molecule has 2 unspecified atom stereocenters. The van der Waals surface area contributed by atoms with Crippen LogP contribution in [0.4, 0.5) is 0 Å². The maximum Gasteiger partial charge on any atom is 0.0521 e. The fourth-order valence-electron chi connectivity index (χ4n) is 1.25. The predicted octanol–water partition coefficient (Wildman–Crippen LogP) is 1.49. The summed E-state index contributed by atoms with van der Waals surface area (Å²) in [6.07, 6.45) is 1.18. The van der Waals surface area contributed by atoms with Crippen molar-refractivity contribution in [3.05, 3.63) is 0 Å². The van der Waals surface area contributed by atoms with Gasteiger partial charge >= 0.3 is 0 Å². The molecule has 0 saturated carbocycles. The standard InChI is InChI=1S/C9H21NOS/c1-4-10-8(2)7-9(3)12-6-5-11/h8-11H,4-7H2,1-3H3. The normalized spacial score (nSPS) is 16.0. The monoisotopic (exact) mass is 191 g/mol. The first-order valence-corrected chi connectivity index (χ1v) is 5.71. The van der Waals surface area contributed by atoms with E-state index in [1.54, 1.807) is 0 Å². The van der Waals surface area contributed by atoms with Gasteiger partial charge in [-0.15, -0.1) is 0 Å². The zero-order valence-electron chi connectivity index (χ0n) is 8.34. The number of thioether (sulfide) groups is 1. The Hall–Kier alpha value is 0.270. The van der Waals surface area contributed by atoms with Crippen molar-refractivity contribution in [2.24, 2.45) is 0 Å². The van der Waals surface area contributed by atoms with E-state index in [0.717, 1.165) is 12.3 Å². The zero-order valence-corrected chi connectivity index (χ0v) is 9.16. The molecule has 0 aliphatic rings. The summed E-state index contributed by atoms with van der Waals surface area (Å²) in [4.78, 5) is 0. The highest BCUT2D eigenvalue weighted by molar-refractivity contribution is 7.99. The Kier molecular flexibility index (Phi) is 8.07. The highest BCUT2D eigenvalue weighted by atomic mass is 32.2. The lowest BCUT2D eigenvalue weighted by Crippen LogP contribution is -2.28. The minimum Gasteiger partial charge on any atom is -0.396 e. The van der Waals surface area contributed by atoms with Gasteiger partial charge in [0.05, 0.1) is 6.61 Å². The number of hydrogen-bond acceptors (Lipinski definition) is 3. The predicted molar refractivity (Wildman–Crippen MR) is 56.8 cm³/mol. The van der Waals surface area contributed by atoms with E-state index in [1.807, 2.05) is 11.8 Å².